The van der Waals surface area contributed by atoms with Gasteiger partial charge in [-0.15, -0.1) is 0 Å². The monoisotopic (exact) mass is 1330 g/mol. The Hall–Kier alpha value is -14.4. The van der Waals surface area contributed by atoms with Gasteiger partial charge in [0, 0.05) is 97.3 Å². The van der Waals surface area contributed by atoms with Crippen LogP contribution in [0.2, 0.25) is 0 Å². The summed E-state index contributed by atoms with van der Waals surface area (Å²) < 4.78 is 37.1. The molecule has 0 radical (unpaired) electrons. The van der Waals surface area contributed by atoms with E-state index >= 15 is 0 Å². The van der Waals surface area contributed by atoms with Gasteiger partial charge in [0.1, 0.15) is 56.0 Å². The molecule has 0 bridgehead atoms. The van der Waals surface area contributed by atoms with Crippen LogP contribution < -0.4 is 0 Å². The number of para-hydroxylation sites is 8. The average Bonchev–Trinajstić information content (AvgIpc) is 1.52. The standard InChI is InChI=1S/C92H50N8O4/c1-3-23-51(24-4-1)88-93-89(52-25-5-2-6-26-52)95-90(94-88)85-86(97-61-35-15-7-27-53(61)77-65(97)43-47-73-81(77)57-31-11-19-39-69(57)101-73)91(99-63-37-17-9-29-55(63)79-67(99)45-49-75-83(79)59-33-13-21-41-71(59)103-75)96-92(100-64-38-18-10-30-56(64)80-68(100)46-50-76-84(80)60-34-14-22-42-72(60)104-76)87(85)98-62-36-16-8-28-54(62)78-66(98)44-48-74-82(78)58-32-12-20-40-70(58)102-74/h1-50H. The lowest BCUT2D eigenvalue weighted by atomic mass is 10.0. The minimum atomic E-state index is 0.405. The van der Waals surface area contributed by atoms with E-state index in [2.05, 4.69) is 261 Å². The summed E-state index contributed by atoms with van der Waals surface area (Å²) in [6.07, 6.45) is 0. The molecule has 0 unspecified atom stereocenters. The molecule has 0 saturated heterocycles. The van der Waals surface area contributed by atoms with E-state index in [-0.39, 0.29) is 0 Å². The van der Waals surface area contributed by atoms with Crippen molar-refractivity contribution >= 4 is 175 Å². The first kappa shape index (κ1) is 55.5. The minimum Gasteiger partial charge on any atom is -0.456 e. The maximum atomic E-state index is 6.86. The van der Waals surface area contributed by atoms with E-state index in [1.165, 1.54) is 0 Å². The number of furan rings is 4. The van der Waals surface area contributed by atoms with Crippen molar-refractivity contribution in [3.63, 3.8) is 0 Å². The second-order valence-corrected chi connectivity index (χ2v) is 27.0. The highest BCUT2D eigenvalue weighted by Crippen LogP contribution is 2.53. The summed E-state index contributed by atoms with van der Waals surface area (Å²) in [5.74, 6) is 2.59. The van der Waals surface area contributed by atoms with Crippen molar-refractivity contribution in [3.05, 3.63) is 303 Å². The number of hydrogen-bond donors (Lipinski definition) is 0. The van der Waals surface area contributed by atoms with Crippen LogP contribution in [0.4, 0.5) is 0 Å². The lowest BCUT2D eigenvalue weighted by Crippen LogP contribution is -2.17. The van der Waals surface area contributed by atoms with Gasteiger partial charge in [0.05, 0.1) is 49.7 Å². The van der Waals surface area contributed by atoms with Crippen LogP contribution in [0.1, 0.15) is 0 Å². The maximum Gasteiger partial charge on any atom is 0.168 e. The van der Waals surface area contributed by atoms with Gasteiger partial charge in [0.2, 0.25) is 0 Å². The lowest BCUT2D eigenvalue weighted by molar-refractivity contribution is 0.669. The molecule has 12 heteroatoms. The highest BCUT2D eigenvalue weighted by atomic mass is 16.3. The zero-order chi connectivity index (χ0) is 67.6. The molecule has 0 aliphatic heterocycles. The van der Waals surface area contributed by atoms with Gasteiger partial charge in [-0.25, -0.2) is 19.9 Å². The number of aromatic nitrogens is 8. The Morgan fingerprint density at radius 2 is 0.442 bits per heavy atom. The number of fused-ring (bicyclic) bond motifs is 28. The SMILES string of the molecule is c1ccc(-c2nc(-c3ccccc3)nc(-c3c(-n4c5ccccc5c5c6c(ccc54)oc4ccccc46)c(-n4c5ccccc5c5c6c(ccc54)oc4ccccc46)nc(-n4c5ccccc5c5c6c(ccc54)oc4ccccc46)c3-n3c4ccccc4c4c5c(ccc43)oc3ccccc35)n2)cc1. The van der Waals surface area contributed by atoms with Gasteiger partial charge in [-0.3, -0.25) is 9.13 Å². The summed E-state index contributed by atoms with van der Waals surface area (Å²) in [5, 5.41) is 16.3. The van der Waals surface area contributed by atoms with Crippen molar-refractivity contribution in [2.24, 2.45) is 0 Å². The third-order valence-electron chi connectivity index (χ3n) is 21.6. The van der Waals surface area contributed by atoms with Gasteiger partial charge in [-0.2, -0.15) is 0 Å². The molecule has 14 aromatic carbocycles. The van der Waals surface area contributed by atoms with Gasteiger partial charge in [-0.05, 0) is 97.1 Å². The van der Waals surface area contributed by atoms with Crippen molar-refractivity contribution in [3.8, 4) is 57.2 Å². The highest BCUT2D eigenvalue weighted by molar-refractivity contribution is 6.32. The Morgan fingerprint density at radius 1 is 0.183 bits per heavy atom. The second kappa shape index (κ2) is 20.6. The van der Waals surface area contributed by atoms with Gasteiger partial charge < -0.3 is 26.8 Å². The van der Waals surface area contributed by atoms with Crippen molar-refractivity contribution in [1.82, 2.24) is 38.2 Å². The van der Waals surface area contributed by atoms with Crippen LogP contribution in [0.25, 0.3) is 232 Å². The topological polar surface area (TPSA) is 124 Å². The summed E-state index contributed by atoms with van der Waals surface area (Å²) in [5.41, 5.74) is 17.4. The van der Waals surface area contributed by atoms with Crippen LogP contribution in [-0.4, -0.2) is 38.2 Å². The molecule has 0 fully saturated rings. The van der Waals surface area contributed by atoms with E-state index in [1.807, 2.05) is 60.7 Å². The molecule has 0 spiro atoms. The van der Waals surface area contributed by atoms with Crippen LogP contribution in [0.15, 0.2) is 321 Å². The lowest BCUT2D eigenvalue weighted by Gasteiger charge is -2.26. The fourth-order valence-electron chi connectivity index (χ4n) is 17.4. The van der Waals surface area contributed by atoms with E-state index < -0.39 is 0 Å². The Kier molecular flexibility index (Phi) is 11.0. The first-order valence-corrected chi connectivity index (χ1v) is 34.9. The Labute approximate surface area is 587 Å². The maximum absolute atomic E-state index is 6.86. The number of benzene rings is 14. The van der Waals surface area contributed by atoms with Crippen LogP contribution in [0, 0.1) is 0 Å². The Balaban J connectivity index is 1.01. The van der Waals surface area contributed by atoms with Crippen LogP contribution in [-0.2, 0) is 0 Å². The Bertz CT molecular complexity index is 7420. The molecule has 24 aromatic rings. The molecular weight excluding hydrogens is 1280 g/mol. The number of rotatable bonds is 7. The number of pyridine rings is 1. The third kappa shape index (κ3) is 7.43. The predicted molar refractivity (Wildman–Crippen MR) is 420 cm³/mol. The van der Waals surface area contributed by atoms with Crippen LogP contribution in [0.5, 0.6) is 0 Å². The molecule has 0 amide bonds. The molecule has 10 heterocycles. The van der Waals surface area contributed by atoms with E-state index in [0.717, 1.165) is 186 Å². The second-order valence-electron chi connectivity index (χ2n) is 27.0. The third-order valence-corrected chi connectivity index (χ3v) is 21.6. The van der Waals surface area contributed by atoms with E-state index in [0.29, 0.717) is 46.0 Å². The molecule has 104 heavy (non-hydrogen) atoms. The molecule has 0 saturated carbocycles. The predicted octanol–water partition coefficient (Wildman–Crippen LogP) is 24.3. The zero-order valence-electron chi connectivity index (χ0n) is 55.1. The van der Waals surface area contributed by atoms with Crippen LogP contribution >= 0.6 is 0 Å². The molecule has 0 aliphatic carbocycles. The van der Waals surface area contributed by atoms with Crippen molar-refractivity contribution in [2.45, 2.75) is 0 Å². The van der Waals surface area contributed by atoms with Gasteiger partial charge in [-0.1, -0.05) is 206 Å². The van der Waals surface area contributed by atoms with E-state index in [9.17, 15) is 0 Å². The molecule has 0 aliphatic rings. The number of hydrogen-bond acceptors (Lipinski definition) is 8. The van der Waals surface area contributed by atoms with Crippen molar-refractivity contribution in [2.75, 3.05) is 0 Å². The fourth-order valence-corrected chi connectivity index (χ4v) is 17.4. The molecular formula is C92H50N8O4. The summed E-state index contributed by atoms with van der Waals surface area (Å²) in [6.45, 7) is 0. The first-order valence-electron chi connectivity index (χ1n) is 34.9. The van der Waals surface area contributed by atoms with Crippen molar-refractivity contribution < 1.29 is 17.7 Å². The summed E-state index contributed by atoms with van der Waals surface area (Å²) >= 11 is 0. The Morgan fingerprint density at radius 3 is 0.769 bits per heavy atom. The molecule has 24 rings (SSSR count). The molecule has 0 atom stereocenters. The normalized spacial score (nSPS) is 12.4. The van der Waals surface area contributed by atoms with Gasteiger partial charge >= 0.3 is 0 Å². The highest BCUT2D eigenvalue weighted by Gasteiger charge is 2.36. The van der Waals surface area contributed by atoms with Gasteiger partial charge in [0.15, 0.2) is 29.1 Å². The molecule has 482 valence electrons. The van der Waals surface area contributed by atoms with E-state index in [4.69, 9.17) is 37.6 Å². The van der Waals surface area contributed by atoms with Gasteiger partial charge in [0.25, 0.3) is 0 Å². The van der Waals surface area contributed by atoms with Crippen LogP contribution in [0.3, 0.4) is 0 Å². The average molecular weight is 1330 g/mol. The fraction of sp³-hybridized carbons (Fsp3) is 0. The zero-order valence-corrected chi connectivity index (χ0v) is 55.1. The summed E-state index contributed by atoms with van der Waals surface area (Å²) in [4.78, 5) is 24.3. The minimum absolute atomic E-state index is 0.405. The summed E-state index contributed by atoms with van der Waals surface area (Å²) in [7, 11) is 0. The quantitative estimate of drug-likeness (QED) is 0.155. The van der Waals surface area contributed by atoms with Crippen molar-refractivity contribution in [1.29, 1.82) is 0 Å². The molecule has 10 aromatic heterocycles. The first-order chi connectivity index (χ1) is 51.6. The largest absolute Gasteiger partial charge is 0.456 e. The smallest absolute Gasteiger partial charge is 0.168 e. The summed E-state index contributed by atoms with van der Waals surface area (Å²) in [6, 6.07) is 106. The molecule has 12 nitrogen and oxygen atoms in total. The number of nitrogens with zero attached hydrogens (tertiary/aromatic N) is 8. The molecule has 0 N–H and O–H groups in total. The van der Waals surface area contributed by atoms with E-state index in [1.54, 1.807) is 0 Å².